The minimum Gasteiger partial charge on any atom is -0.495 e. The van der Waals surface area contributed by atoms with Crippen LogP contribution in [0.1, 0.15) is 0 Å². The number of urea groups is 1. The number of hydrogen-bond acceptors (Lipinski definition) is 6. The fourth-order valence-corrected chi connectivity index (χ4v) is 2.60. The second kappa shape index (κ2) is 8.00. The van der Waals surface area contributed by atoms with E-state index in [0.717, 1.165) is 18.9 Å². The molecule has 0 saturated carbocycles. The van der Waals surface area contributed by atoms with Gasteiger partial charge in [0.25, 0.3) is 0 Å². The van der Waals surface area contributed by atoms with E-state index in [-0.39, 0.29) is 0 Å². The van der Waals surface area contributed by atoms with E-state index in [9.17, 15) is 4.79 Å². The van der Waals surface area contributed by atoms with Crippen molar-refractivity contribution in [1.82, 2.24) is 9.97 Å². The lowest BCUT2D eigenvalue weighted by molar-refractivity contribution is 0.122. The summed E-state index contributed by atoms with van der Waals surface area (Å²) in [6, 6.07) is 6.24. The number of hydrogen-bond donors (Lipinski definition) is 2. The van der Waals surface area contributed by atoms with E-state index in [1.165, 1.54) is 13.4 Å². The molecule has 1 saturated heterocycles. The first-order valence-corrected chi connectivity index (χ1v) is 8.10. The minimum atomic E-state index is -0.452. The summed E-state index contributed by atoms with van der Waals surface area (Å²) in [7, 11) is 1.52. The molecule has 1 aliphatic heterocycles. The van der Waals surface area contributed by atoms with E-state index in [1.54, 1.807) is 24.3 Å². The van der Waals surface area contributed by atoms with Crippen LogP contribution in [0.3, 0.4) is 0 Å². The second-order valence-electron chi connectivity index (χ2n) is 5.28. The van der Waals surface area contributed by atoms with Crippen LogP contribution >= 0.6 is 11.6 Å². The molecule has 0 aliphatic carbocycles. The molecule has 3 rings (SSSR count). The molecule has 25 heavy (non-hydrogen) atoms. The van der Waals surface area contributed by atoms with Gasteiger partial charge in [0.05, 0.1) is 26.0 Å². The molecule has 0 unspecified atom stereocenters. The third kappa shape index (κ3) is 4.49. The first-order valence-electron chi connectivity index (χ1n) is 7.72. The van der Waals surface area contributed by atoms with Gasteiger partial charge in [0, 0.05) is 24.2 Å². The molecule has 2 amide bonds. The zero-order chi connectivity index (χ0) is 17.6. The molecule has 1 fully saturated rings. The van der Waals surface area contributed by atoms with Crippen LogP contribution < -0.4 is 20.3 Å². The summed E-state index contributed by atoms with van der Waals surface area (Å²) in [6.07, 6.45) is 1.42. The summed E-state index contributed by atoms with van der Waals surface area (Å²) < 4.78 is 10.5. The summed E-state index contributed by atoms with van der Waals surface area (Å²) in [5.41, 5.74) is 0.468. The van der Waals surface area contributed by atoms with Gasteiger partial charge in [-0.05, 0) is 18.2 Å². The van der Waals surface area contributed by atoms with E-state index >= 15 is 0 Å². The van der Waals surface area contributed by atoms with Crippen LogP contribution in [0.25, 0.3) is 0 Å². The molecule has 2 heterocycles. The Hall–Kier alpha value is -2.58. The number of rotatable bonds is 4. The van der Waals surface area contributed by atoms with Gasteiger partial charge in [0.1, 0.15) is 23.7 Å². The third-order valence-corrected chi connectivity index (χ3v) is 3.87. The Labute approximate surface area is 150 Å². The van der Waals surface area contributed by atoms with Gasteiger partial charge < -0.3 is 19.7 Å². The molecule has 8 nitrogen and oxygen atoms in total. The number of ether oxygens (including phenoxy) is 2. The monoisotopic (exact) mass is 363 g/mol. The second-order valence-corrected chi connectivity index (χ2v) is 5.72. The highest BCUT2D eigenvalue weighted by atomic mass is 35.5. The Kier molecular flexibility index (Phi) is 5.52. The quantitative estimate of drug-likeness (QED) is 0.868. The lowest BCUT2D eigenvalue weighted by atomic mass is 10.3. The molecule has 0 radical (unpaired) electrons. The summed E-state index contributed by atoms with van der Waals surface area (Å²) in [5.74, 6) is 1.65. The molecule has 1 aromatic carbocycles. The molecular weight excluding hydrogens is 346 g/mol. The standard InChI is InChI=1S/C16H18ClN5O3/c1-24-13-3-2-11(17)8-12(13)20-16(23)21-14-9-15(19-10-18-14)22-4-6-25-7-5-22/h2-3,8-10H,4-7H2,1H3,(H2,18,19,20,21,23). The Morgan fingerprint density at radius 3 is 2.80 bits per heavy atom. The Bertz CT molecular complexity index is 752. The normalized spacial score (nSPS) is 14.1. The molecule has 2 N–H and O–H groups in total. The number of carbonyl (C=O) groups is 1. The molecule has 1 aromatic heterocycles. The number of methoxy groups -OCH3 is 1. The van der Waals surface area contributed by atoms with Gasteiger partial charge in [-0.15, -0.1) is 0 Å². The fraction of sp³-hybridized carbons (Fsp3) is 0.312. The van der Waals surface area contributed by atoms with Crippen molar-refractivity contribution in [2.24, 2.45) is 0 Å². The highest BCUT2D eigenvalue weighted by molar-refractivity contribution is 6.31. The van der Waals surface area contributed by atoms with Crippen LogP contribution in [0.2, 0.25) is 5.02 Å². The van der Waals surface area contributed by atoms with E-state index in [1.807, 2.05) is 0 Å². The maximum absolute atomic E-state index is 12.2. The minimum absolute atomic E-state index is 0.398. The maximum Gasteiger partial charge on any atom is 0.324 e. The summed E-state index contributed by atoms with van der Waals surface area (Å²) in [5, 5.41) is 5.87. The van der Waals surface area contributed by atoms with Gasteiger partial charge in [0.15, 0.2) is 0 Å². The lowest BCUT2D eigenvalue weighted by Crippen LogP contribution is -2.36. The highest BCUT2D eigenvalue weighted by Crippen LogP contribution is 2.27. The Morgan fingerprint density at radius 1 is 1.24 bits per heavy atom. The number of carbonyl (C=O) groups excluding carboxylic acids is 1. The summed E-state index contributed by atoms with van der Waals surface area (Å²) >= 11 is 5.96. The van der Waals surface area contributed by atoms with Crippen LogP contribution in [0.5, 0.6) is 5.75 Å². The van der Waals surface area contributed by atoms with E-state index in [4.69, 9.17) is 21.1 Å². The smallest absolute Gasteiger partial charge is 0.324 e. The molecule has 9 heteroatoms. The molecule has 0 atom stereocenters. The third-order valence-electron chi connectivity index (χ3n) is 3.64. The van der Waals surface area contributed by atoms with Crippen molar-refractivity contribution in [3.63, 3.8) is 0 Å². The number of benzene rings is 1. The largest absolute Gasteiger partial charge is 0.495 e. The first-order chi connectivity index (χ1) is 12.2. The van der Waals surface area contributed by atoms with Crippen molar-refractivity contribution in [2.75, 3.05) is 48.9 Å². The summed E-state index contributed by atoms with van der Waals surface area (Å²) in [6.45, 7) is 2.81. The van der Waals surface area contributed by atoms with Crippen LogP contribution in [0.15, 0.2) is 30.6 Å². The molecule has 0 bridgehead atoms. The number of amides is 2. The Balaban J connectivity index is 1.68. The van der Waals surface area contributed by atoms with Gasteiger partial charge in [-0.3, -0.25) is 5.32 Å². The number of anilines is 3. The maximum atomic E-state index is 12.2. The van der Waals surface area contributed by atoms with Crippen molar-refractivity contribution in [3.05, 3.63) is 35.6 Å². The highest BCUT2D eigenvalue weighted by Gasteiger charge is 2.14. The fourth-order valence-electron chi connectivity index (χ4n) is 2.43. The number of nitrogens with one attached hydrogen (secondary N) is 2. The molecule has 1 aliphatic rings. The van der Waals surface area contributed by atoms with E-state index < -0.39 is 6.03 Å². The van der Waals surface area contributed by atoms with Crippen molar-refractivity contribution in [3.8, 4) is 5.75 Å². The number of aromatic nitrogens is 2. The molecule has 0 spiro atoms. The van der Waals surface area contributed by atoms with E-state index in [0.29, 0.717) is 35.5 Å². The molecule has 132 valence electrons. The van der Waals surface area contributed by atoms with Crippen molar-refractivity contribution in [1.29, 1.82) is 0 Å². The van der Waals surface area contributed by atoms with Gasteiger partial charge >= 0.3 is 6.03 Å². The topological polar surface area (TPSA) is 88.6 Å². The van der Waals surface area contributed by atoms with Crippen LogP contribution in [0, 0.1) is 0 Å². The zero-order valence-electron chi connectivity index (χ0n) is 13.7. The van der Waals surface area contributed by atoms with Crippen LogP contribution in [-0.4, -0.2) is 49.4 Å². The zero-order valence-corrected chi connectivity index (χ0v) is 14.4. The van der Waals surface area contributed by atoms with Gasteiger partial charge in [-0.2, -0.15) is 0 Å². The van der Waals surface area contributed by atoms with E-state index in [2.05, 4.69) is 25.5 Å². The number of morpholine rings is 1. The van der Waals surface area contributed by atoms with Crippen molar-refractivity contribution < 1.29 is 14.3 Å². The average molecular weight is 364 g/mol. The van der Waals surface area contributed by atoms with Gasteiger partial charge in [-0.25, -0.2) is 14.8 Å². The predicted octanol–water partition coefficient (Wildman–Crippen LogP) is 2.62. The summed E-state index contributed by atoms with van der Waals surface area (Å²) in [4.78, 5) is 22.6. The predicted molar refractivity (Wildman–Crippen MR) is 95.7 cm³/mol. The van der Waals surface area contributed by atoms with Crippen molar-refractivity contribution in [2.45, 2.75) is 0 Å². The number of nitrogens with zero attached hydrogens (tertiary/aromatic N) is 3. The average Bonchev–Trinajstić information content (AvgIpc) is 2.63. The number of halogens is 1. The first kappa shape index (κ1) is 17.2. The molecule has 2 aromatic rings. The lowest BCUT2D eigenvalue weighted by Gasteiger charge is -2.27. The van der Waals surface area contributed by atoms with Crippen molar-refractivity contribution >= 4 is 35.0 Å². The molecular formula is C16H18ClN5O3. The van der Waals surface area contributed by atoms with Crippen LogP contribution in [-0.2, 0) is 4.74 Å². The van der Waals surface area contributed by atoms with Gasteiger partial charge in [-0.1, -0.05) is 11.6 Å². The Morgan fingerprint density at radius 2 is 2.04 bits per heavy atom. The van der Waals surface area contributed by atoms with Gasteiger partial charge in [0.2, 0.25) is 0 Å². The SMILES string of the molecule is COc1ccc(Cl)cc1NC(=O)Nc1cc(N2CCOCC2)ncn1. The van der Waals surface area contributed by atoms with Crippen LogP contribution in [0.4, 0.5) is 22.1 Å².